The van der Waals surface area contributed by atoms with Gasteiger partial charge in [-0.05, 0) is 57.2 Å². The van der Waals surface area contributed by atoms with Gasteiger partial charge in [0.2, 0.25) is 0 Å². The van der Waals surface area contributed by atoms with Crippen molar-refractivity contribution in [3.8, 4) is 5.75 Å². The predicted molar refractivity (Wildman–Crippen MR) is 98.9 cm³/mol. The third-order valence-electron chi connectivity index (χ3n) is 3.38. The number of amides is 1. The summed E-state index contributed by atoms with van der Waals surface area (Å²) in [6.07, 6.45) is 1.74. The number of benzene rings is 1. The second-order valence-corrected chi connectivity index (χ2v) is 6.03. The van der Waals surface area contributed by atoms with Crippen LogP contribution < -0.4 is 15.4 Å². The maximum atomic E-state index is 12.1. The van der Waals surface area contributed by atoms with Gasteiger partial charge in [0.15, 0.2) is 5.82 Å². The zero-order chi connectivity index (χ0) is 18.5. The van der Waals surface area contributed by atoms with Crippen molar-refractivity contribution in [1.82, 2.24) is 10.1 Å². The van der Waals surface area contributed by atoms with Crippen LogP contribution in [0.25, 0.3) is 0 Å². The summed E-state index contributed by atoms with van der Waals surface area (Å²) in [7, 11) is 0. The molecule has 0 spiro atoms. The molecule has 0 aliphatic rings. The third-order valence-corrected chi connectivity index (χ3v) is 3.38. The summed E-state index contributed by atoms with van der Waals surface area (Å²) < 4.78 is 10.5. The Morgan fingerprint density at radius 2 is 1.85 bits per heavy atom. The number of ether oxygens (including phenoxy) is 1. The van der Waals surface area contributed by atoms with Gasteiger partial charge in [0.1, 0.15) is 17.2 Å². The fraction of sp³-hybridized carbons (Fsp3) is 0.211. The van der Waals surface area contributed by atoms with Crippen LogP contribution in [0.3, 0.4) is 0 Å². The molecule has 1 aromatic carbocycles. The first kappa shape index (κ1) is 17.5. The number of pyridine rings is 1. The standard InChI is InChI=1S/C19H20N4O3/c1-12(2)25-16-7-4-14(5-8-16)21-15-6-9-17(20-11-15)19(24)22-18-10-13(3)26-23-18/h4-12,21H,1-3H3,(H,22,23,24). The van der Waals surface area contributed by atoms with Crippen molar-refractivity contribution >= 4 is 23.1 Å². The van der Waals surface area contributed by atoms with Gasteiger partial charge in [0, 0.05) is 11.8 Å². The van der Waals surface area contributed by atoms with E-state index in [4.69, 9.17) is 9.26 Å². The number of carbonyl (C=O) groups is 1. The highest BCUT2D eigenvalue weighted by Gasteiger charge is 2.10. The van der Waals surface area contributed by atoms with Crippen molar-refractivity contribution in [1.29, 1.82) is 0 Å². The van der Waals surface area contributed by atoms with E-state index >= 15 is 0 Å². The summed E-state index contributed by atoms with van der Waals surface area (Å²) in [6, 6.07) is 12.7. The van der Waals surface area contributed by atoms with Crippen LogP contribution in [-0.4, -0.2) is 22.2 Å². The highest BCUT2D eigenvalue weighted by atomic mass is 16.5. The molecule has 26 heavy (non-hydrogen) atoms. The molecular weight excluding hydrogens is 332 g/mol. The number of rotatable bonds is 6. The molecule has 1 amide bonds. The Balaban J connectivity index is 1.61. The minimum atomic E-state index is -0.347. The SMILES string of the molecule is Cc1cc(NC(=O)c2ccc(Nc3ccc(OC(C)C)cc3)cn2)no1. The van der Waals surface area contributed by atoms with Crippen LogP contribution in [0, 0.1) is 6.92 Å². The molecule has 0 saturated carbocycles. The average Bonchev–Trinajstić information content (AvgIpc) is 3.01. The van der Waals surface area contributed by atoms with Crippen molar-refractivity contribution in [2.24, 2.45) is 0 Å². The minimum absolute atomic E-state index is 0.137. The van der Waals surface area contributed by atoms with Gasteiger partial charge in [-0.25, -0.2) is 4.98 Å². The fourth-order valence-electron chi connectivity index (χ4n) is 2.26. The van der Waals surface area contributed by atoms with Crippen LogP contribution in [0.1, 0.15) is 30.1 Å². The smallest absolute Gasteiger partial charge is 0.275 e. The van der Waals surface area contributed by atoms with Gasteiger partial charge >= 0.3 is 0 Å². The number of nitrogens with zero attached hydrogens (tertiary/aromatic N) is 2. The van der Waals surface area contributed by atoms with Gasteiger partial charge in [0.25, 0.3) is 5.91 Å². The topological polar surface area (TPSA) is 89.3 Å². The van der Waals surface area contributed by atoms with Crippen molar-refractivity contribution in [3.05, 3.63) is 60.1 Å². The molecule has 2 aromatic heterocycles. The summed E-state index contributed by atoms with van der Waals surface area (Å²) in [5.74, 6) is 1.46. The first-order chi connectivity index (χ1) is 12.5. The minimum Gasteiger partial charge on any atom is -0.491 e. The van der Waals surface area contributed by atoms with Gasteiger partial charge in [-0.1, -0.05) is 5.16 Å². The third kappa shape index (κ3) is 4.60. The van der Waals surface area contributed by atoms with Crippen LogP contribution >= 0.6 is 0 Å². The maximum absolute atomic E-state index is 12.1. The Labute approximate surface area is 151 Å². The molecule has 0 radical (unpaired) electrons. The quantitative estimate of drug-likeness (QED) is 0.692. The Bertz CT molecular complexity index is 871. The van der Waals surface area contributed by atoms with E-state index in [0.29, 0.717) is 11.6 Å². The summed E-state index contributed by atoms with van der Waals surface area (Å²) in [5.41, 5.74) is 1.96. The van der Waals surface area contributed by atoms with E-state index < -0.39 is 0 Å². The van der Waals surface area contributed by atoms with E-state index in [9.17, 15) is 4.79 Å². The Hall–Kier alpha value is -3.35. The Kier molecular flexibility index (Phi) is 5.17. The van der Waals surface area contributed by atoms with Gasteiger partial charge in [0.05, 0.1) is 18.0 Å². The molecule has 0 aliphatic carbocycles. The van der Waals surface area contributed by atoms with E-state index in [-0.39, 0.29) is 17.7 Å². The molecular formula is C19H20N4O3. The van der Waals surface area contributed by atoms with Crippen molar-refractivity contribution in [2.45, 2.75) is 26.9 Å². The number of aryl methyl sites for hydroxylation is 1. The highest BCUT2D eigenvalue weighted by molar-refractivity contribution is 6.02. The van der Waals surface area contributed by atoms with E-state index in [0.717, 1.165) is 17.1 Å². The molecule has 3 rings (SSSR count). The summed E-state index contributed by atoms with van der Waals surface area (Å²) in [4.78, 5) is 16.3. The molecule has 7 nitrogen and oxygen atoms in total. The lowest BCUT2D eigenvalue weighted by Crippen LogP contribution is -2.13. The monoisotopic (exact) mass is 352 g/mol. The van der Waals surface area contributed by atoms with Gasteiger partial charge in [-0.15, -0.1) is 0 Å². The number of anilines is 3. The summed E-state index contributed by atoms with van der Waals surface area (Å²) in [5, 5.41) is 9.58. The number of aromatic nitrogens is 2. The van der Waals surface area contributed by atoms with Crippen molar-refractivity contribution < 1.29 is 14.1 Å². The van der Waals surface area contributed by atoms with Gasteiger partial charge in [-0.3, -0.25) is 4.79 Å². The maximum Gasteiger partial charge on any atom is 0.275 e. The van der Waals surface area contributed by atoms with Crippen molar-refractivity contribution in [2.75, 3.05) is 10.6 Å². The molecule has 0 fully saturated rings. The van der Waals surface area contributed by atoms with Crippen LogP contribution in [-0.2, 0) is 0 Å². The van der Waals surface area contributed by atoms with Crippen molar-refractivity contribution in [3.63, 3.8) is 0 Å². The number of carbonyl (C=O) groups excluding carboxylic acids is 1. The number of hydrogen-bond acceptors (Lipinski definition) is 6. The van der Waals surface area contributed by atoms with Crippen LogP contribution in [0.15, 0.2) is 53.2 Å². The zero-order valence-corrected chi connectivity index (χ0v) is 14.8. The average molecular weight is 352 g/mol. The largest absolute Gasteiger partial charge is 0.491 e. The first-order valence-electron chi connectivity index (χ1n) is 8.24. The molecule has 2 heterocycles. The molecule has 0 atom stereocenters. The number of hydrogen-bond donors (Lipinski definition) is 2. The second kappa shape index (κ2) is 7.69. The van der Waals surface area contributed by atoms with E-state index in [1.165, 1.54) is 0 Å². The fourth-order valence-corrected chi connectivity index (χ4v) is 2.26. The number of nitrogens with one attached hydrogen (secondary N) is 2. The summed E-state index contributed by atoms with van der Waals surface area (Å²) >= 11 is 0. The molecule has 0 saturated heterocycles. The molecule has 134 valence electrons. The zero-order valence-electron chi connectivity index (χ0n) is 14.8. The van der Waals surface area contributed by atoms with Crippen LogP contribution in [0.4, 0.5) is 17.2 Å². The lowest BCUT2D eigenvalue weighted by Gasteiger charge is -2.11. The van der Waals surface area contributed by atoms with E-state index in [1.54, 1.807) is 31.3 Å². The Morgan fingerprint density at radius 3 is 2.42 bits per heavy atom. The molecule has 7 heteroatoms. The molecule has 0 bridgehead atoms. The highest BCUT2D eigenvalue weighted by Crippen LogP contribution is 2.20. The first-order valence-corrected chi connectivity index (χ1v) is 8.24. The van der Waals surface area contributed by atoms with Crippen LogP contribution in [0.5, 0.6) is 5.75 Å². The second-order valence-electron chi connectivity index (χ2n) is 6.03. The molecule has 0 aliphatic heterocycles. The predicted octanol–water partition coefficient (Wildman–Crippen LogP) is 4.16. The lowest BCUT2D eigenvalue weighted by atomic mass is 10.2. The van der Waals surface area contributed by atoms with Gasteiger partial charge < -0.3 is 19.9 Å². The summed E-state index contributed by atoms with van der Waals surface area (Å²) in [6.45, 7) is 5.72. The van der Waals surface area contributed by atoms with E-state index in [2.05, 4.69) is 20.8 Å². The lowest BCUT2D eigenvalue weighted by molar-refractivity contribution is 0.102. The van der Waals surface area contributed by atoms with Gasteiger partial charge in [-0.2, -0.15) is 0 Å². The van der Waals surface area contributed by atoms with E-state index in [1.807, 2.05) is 38.1 Å². The molecule has 3 aromatic rings. The molecule has 0 unspecified atom stereocenters. The molecule has 2 N–H and O–H groups in total. The normalized spacial score (nSPS) is 10.6. The van der Waals surface area contributed by atoms with Crippen LogP contribution in [0.2, 0.25) is 0 Å². The Morgan fingerprint density at radius 1 is 1.12 bits per heavy atom.